The Balaban J connectivity index is 2.05. The molecule has 6 nitrogen and oxygen atoms in total. The van der Waals surface area contributed by atoms with E-state index >= 15 is 0 Å². The van der Waals surface area contributed by atoms with E-state index in [-0.39, 0.29) is 16.7 Å². The Kier molecular flexibility index (Phi) is 5.73. The lowest BCUT2D eigenvalue weighted by Gasteiger charge is -2.11. The number of hydrogen-bond donors (Lipinski definition) is 2. The Morgan fingerprint density at radius 1 is 1.30 bits per heavy atom. The highest BCUT2D eigenvalue weighted by molar-refractivity contribution is 7.93. The van der Waals surface area contributed by atoms with Gasteiger partial charge in [0.1, 0.15) is 0 Å². The molecule has 0 fully saturated rings. The Morgan fingerprint density at radius 2 is 2.00 bits per heavy atom. The van der Waals surface area contributed by atoms with Crippen molar-refractivity contribution in [2.24, 2.45) is 5.92 Å². The van der Waals surface area contributed by atoms with Gasteiger partial charge < -0.3 is 5.32 Å². The van der Waals surface area contributed by atoms with Crippen molar-refractivity contribution in [2.45, 2.75) is 31.6 Å². The number of rotatable bonds is 7. The smallest absolute Gasteiger partial charge is 0.263 e. The zero-order valence-corrected chi connectivity index (χ0v) is 14.6. The van der Waals surface area contributed by atoms with E-state index in [1.807, 2.05) is 13.8 Å². The number of benzene rings is 1. The van der Waals surface area contributed by atoms with Crippen LogP contribution in [0.2, 0.25) is 0 Å². The lowest BCUT2D eigenvalue weighted by molar-refractivity contribution is -0.119. The van der Waals surface area contributed by atoms with Crippen LogP contribution in [0.1, 0.15) is 26.7 Å². The fourth-order valence-corrected chi connectivity index (χ4v) is 3.78. The van der Waals surface area contributed by atoms with Gasteiger partial charge in [0.15, 0.2) is 5.13 Å². The van der Waals surface area contributed by atoms with Crippen LogP contribution in [0, 0.1) is 5.92 Å². The van der Waals surface area contributed by atoms with Crippen LogP contribution in [0.3, 0.4) is 0 Å². The van der Waals surface area contributed by atoms with E-state index in [9.17, 15) is 13.2 Å². The quantitative estimate of drug-likeness (QED) is 0.799. The molecule has 0 unspecified atom stereocenters. The fraction of sp³-hybridized carbons (Fsp3) is 0.333. The molecule has 1 atom stereocenters. The molecule has 2 N–H and O–H groups in total. The number of amides is 1. The molecule has 0 aliphatic rings. The zero-order valence-electron chi connectivity index (χ0n) is 12.9. The minimum atomic E-state index is -3.67. The normalized spacial score (nSPS) is 12.6. The van der Waals surface area contributed by atoms with Gasteiger partial charge in [-0.15, -0.1) is 11.3 Å². The number of nitrogens with one attached hydrogen (secondary N) is 2. The molecule has 0 aliphatic carbocycles. The minimum absolute atomic E-state index is 0.0663. The molecule has 2 rings (SSSR count). The van der Waals surface area contributed by atoms with E-state index in [0.29, 0.717) is 10.8 Å². The van der Waals surface area contributed by atoms with E-state index in [4.69, 9.17) is 0 Å². The number of aromatic nitrogens is 1. The Bertz CT molecular complexity index is 741. The Morgan fingerprint density at radius 3 is 2.57 bits per heavy atom. The lowest BCUT2D eigenvalue weighted by atomic mass is 10.1. The van der Waals surface area contributed by atoms with Crippen molar-refractivity contribution < 1.29 is 13.2 Å². The number of hydrogen-bond acceptors (Lipinski definition) is 5. The summed E-state index contributed by atoms with van der Waals surface area (Å²) in [5, 5.41) is 4.79. The molecule has 124 valence electrons. The first kappa shape index (κ1) is 17.4. The molecular weight excluding hydrogens is 334 g/mol. The van der Waals surface area contributed by atoms with Crippen molar-refractivity contribution in [2.75, 3.05) is 10.0 Å². The van der Waals surface area contributed by atoms with Gasteiger partial charge in [-0.1, -0.05) is 20.3 Å². The van der Waals surface area contributed by atoms with Gasteiger partial charge in [0.25, 0.3) is 10.0 Å². The first-order valence-corrected chi connectivity index (χ1v) is 9.62. The molecule has 0 saturated heterocycles. The molecule has 8 heteroatoms. The van der Waals surface area contributed by atoms with E-state index in [1.54, 1.807) is 17.5 Å². The third-order valence-electron chi connectivity index (χ3n) is 3.26. The van der Waals surface area contributed by atoms with Crippen molar-refractivity contribution >= 4 is 38.1 Å². The summed E-state index contributed by atoms with van der Waals surface area (Å²) in [6.07, 6.45) is 3.28. The maximum atomic E-state index is 12.2. The highest BCUT2D eigenvalue weighted by Gasteiger charge is 2.16. The van der Waals surface area contributed by atoms with Crippen molar-refractivity contribution in [3.63, 3.8) is 0 Å². The SMILES string of the molecule is CCC[C@@H](C)C(=O)Nc1ccc(S(=O)(=O)Nc2nccs2)cc1. The van der Waals surface area contributed by atoms with Crippen LogP contribution in [-0.4, -0.2) is 19.3 Å². The minimum Gasteiger partial charge on any atom is -0.326 e. The third-order valence-corrected chi connectivity index (χ3v) is 5.43. The maximum Gasteiger partial charge on any atom is 0.263 e. The summed E-state index contributed by atoms with van der Waals surface area (Å²) in [4.78, 5) is 16.0. The number of nitrogens with zero attached hydrogens (tertiary/aromatic N) is 1. The van der Waals surface area contributed by atoms with E-state index in [2.05, 4.69) is 15.0 Å². The van der Waals surface area contributed by atoms with Crippen molar-refractivity contribution in [3.05, 3.63) is 35.8 Å². The van der Waals surface area contributed by atoms with Crippen LogP contribution in [0.25, 0.3) is 0 Å². The summed E-state index contributed by atoms with van der Waals surface area (Å²) in [5.74, 6) is -0.140. The highest BCUT2D eigenvalue weighted by Crippen LogP contribution is 2.20. The summed E-state index contributed by atoms with van der Waals surface area (Å²) >= 11 is 1.21. The number of anilines is 2. The van der Waals surface area contributed by atoms with E-state index in [1.165, 1.54) is 29.7 Å². The Hall–Kier alpha value is -1.93. The Labute approximate surface area is 140 Å². The molecule has 0 spiro atoms. The van der Waals surface area contributed by atoms with Gasteiger partial charge in [0, 0.05) is 23.2 Å². The van der Waals surface area contributed by atoms with Crippen molar-refractivity contribution in [1.82, 2.24) is 4.98 Å². The monoisotopic (exact) mass is 353 g/mol. The van der Waals surface area contributed by atoms with Gasteiger partial charge in [-0.2, -0.15) is 0 Å². The largest absolute Gasteiger partial charge is 0.326 e. The van der Waals surface area contributed by atoms with Crippen LogP contribution in [0.5, 0.6) is 0 Å². The molecule has 23 heavy (non-hydrogen) atoms. The standard InChI is InChI=1S/C15H19N3O3S2/c1-3-4-11(2)14(19)17-12-5-7-13(8-6-12)23(20,21)18-15-16-9-10-22-15/h5-11H,3-4H2,1-2H3,(H,16,18)(H,17,19)/t11-/m1/s1. The number of sulfonamides is 1. The molecule has 0 saturated carbocycles. The van der Waals surface area contributed by atoms with Crippen molar-refractivity contribution in [1.29, 1.82) is 0 Å². The van der Waals surface area contributed by atoms with E-state index < -0.39 is 10.0 Å². The van der Waals surface area contributed by atoms with Crippen LogP contribution in [0.4, 0.5) is 10.8 Å². The maximum absolute atomic E-state index is 12.2. The summed E-state index contributed by atoms with van der Waals surface area (Å²) in [5.41, 5.74) is 0.575. The molecule has 0 radical (unpaired) electrons. The molecule has 0 bridgehead atoms. The second kappa shape index (κ2) is 7.56. The fourth-order valence-electron chi connectivity index (χ4n) is 1.99. The summed E-state index contributed by atoms with van der Waals surface area (Å²) in [6, 6.07) is 6.06. The van der Waals surface area contributed by atoms with Gasteiger partial charge in [0.2, 0.25) is 5.91 Å². The first-order valence-electron chi connectivity index (χ1n) is 7.25. The highest BCUT2D eigenvalue weighted by atomic mass is 32.2. The van der Waals surface area contributed by atoms with Gasteiger partial charge in [0.05, 0.1) is 4.90 Å². The molecule has 0 aliphatic heterocycles. The van der Waals surface area contributed by atoms with Gasteiger partial charge in [-0.05, 0) is 30.7 Å². The molecule has 1 heterocycles. The van der Waals surface area contributed by atoms with Crippen LogP contribution in [0.15, 0.2) is 40.7 Å². The van der Waals surface area contributed by atoms with E-state index in [0.717, 1.165) is 12.8 Å². The average Bonchev–Trinajstić information content (AvgIpc) is 3.00. The summed E-state index contributed by atoms with van der Waals surface area (Å²) in [7, 11) is -3.67. The average molecular weight is 353 g/mol. The zero-order chi connectivity index (χ0) is 16.9. The van der Waals surface area contributed by atoms with Gasteiger partial charge >= 0.3 is 0 Å². The molecular formula is C15H19N3O3S2. The predicted molar refractivity (Wildman–Crippen MR) is 92.1 cm³/mol. The second-order valence-corrected chi connectivity index (χ2v) is 7.72. The molecule has 2 aromatic rings. The summed E-state index contributed by atoms with van der Waals surface area (Å²) < 4.78 is 26.8. The van der Waals surface area contributed by atoms with Gasteiger partial charge in [-0.25, -0.2) is 13.4 Å². The molecule has 1 amide bonds. The molecule has 1 aromatic heterocycles. The third kappa shape index (κ3) is 4.77. The van der Waals surface area contributed by atoms with Crippen LogP contribution in [-0.2, 0) is 14.8 Å². The first-order chi connectivity index (χ1) is 10.9. The topological polar surface area (TPSA) is 88.2 Å². The van der Waals surface area contributed by atoms with Crippen LogP contribution >= 0.6 is 11.3 Å². The van der Waals surface area contributed by atoms with Gasteiger partial charge in [-0.3, -0.25) is 9.52 Å². The van der Waals surface area contributed by atoms with Crippen molar-refractivity contribution in [3.8, 4) is 0 Å². The van der Waals surface area contributed by atoms with Crippen LogP contribution < -0.4 is 10.0 Å². The predicted octanol–water partition coefficient (Wildman–Crippen LogP) is 3.32. The lowest BCUT2D eigenvalue weighted by Crippen LogP contribution is -2.20. The molecule has 1 aromatic carbocycles. The number of thiazole rings is 1. The second-order valence-electron chi connectivity index (χ2n) is 5.15. The number of carbonyl (C=O) groups is 1. The number of carbonyl (C=O) groups excluding carboxylic acids is 1. The summed E-state index contributed by atoms with van der Waals surface area (Å²) in [6.45, 7) is 3.90.